The van der Waals surface area contributed by atoms with Gasteiger partial charge in [0, 0.05) is 99.9 Å². The average Bonchev–Trinajstić information content (AvgIpc) is 2.88. The van der Waals surface area contributed by atoms with Crippen molar-refractivity contribution in [2.75, 3.05) is 13.7 Å². The van der Waals surface area contributed by atoms with Crippen LogP contribution in [0.15, 0.2) is 24.6 Å². The molecule has 10 heteroatoms. The Morgan fingerprint density at radius 2 is 1.70 bits per heavy atom. The number of likely N-dealkylation sites (tertiary alicyclic amines) is 1. The van der Waals surface area contributed by atoms with Gasteiger partial charge in [0.05, 0.1) is 12.1 Å². The molecule has 0 spiro atoms. The molecule has 1 heterocycles. The van der Waals surface area contributed by atoms with Gasteiger partial charge in [-0.1, -0.05) is 41.4 Å². The number of rotatable bonds is 8. The maximum absolute atomic E-state index is 11.9. The molecule has 1 aliphatic heterocycles. The van der Waals surface area contributed by atoms with E-state index < -0.39 is 12.7 Å². The molecule has 0 bridgehead atoms. The molecule has 0 radical (unpaired) electrons. The first-order valence-corrected chi connectivity index (χ1v) is 10.1. The van der Waals surface area contributed by atoms with Crippen molar-refractivity contribution >= 4 is 7.44 Å². The van der Waals surface area contributed by atoms with Crippen LogP contribution in [-0.4, -0.2) is 36.0 Å². The Balaban J connectivity index is -0.00000192. The van der Waals surface area contributed by atoms with E-state index in [0.29, 0.717) is 17.5 Å². The minimum Gasteiger partial charge on any atom is -0.633 e. The van der Waals surface area contributed by atoms with Gasteiger partial charge in [-0.3, -0.25) is 0 Å². The molecule has 1 aliphatic rings. The van der Waals surface area contributed by atoms with Crippen LogP contribution in [0.3, 0.4) is 0 Å². The molecule has 1 fully saturated rings. The van der Waals surface area contributed by atoms with Crippen molar-refractivity contribution < 1.29 is 72.5 Å². The monoisotopic (exact) mass is 908 g/mol. The van der Waals surface area contributed by atoms with Gasteiger partial charge in [0.25, 0.3) is 0 Å². The van der Waals surface area contributed by atoms with Crippen molar-refractivity contribution in [2.45, 2.75) is 58.5 Å². The van der Waals surface area contributed by atoms with Crippen LogP contribution in [-0.2, 0) is 72.5 Å². The van der Waals surface area contributed by atoms with Gasteiger partial charge in [-0.25, -0.2) is 0 Å². The predicted octanol–water partition coefficient (Wildman–Crippen LogP) is 5.01. The summed E-state index contributed by atoms with van der Waals surface area (Å²) in [5.41, 5.74) is 16.9. The maximum atomic E-state index is 11.9. The zero-order valence-corrected chi connectivity index (χ0v) is 26.8. The molecule has 1 saturated heterocycles. The Morgan fingerprint density at radius 1 is 1.22 bits per heavy atom. The van der Waals surface area contributed by atoms with E-state index in [4.69, 9.17) is 15.7 Å². The van der Waals surface area contributed by atoms with Crippen molar-refractivity contribution in [3.8, 4) is 0 Å². The van der Waals surface area contributed by atoms with Crippen LogP contribution in [0, 0.1) is 11.8 Å². The number of nitrogens with one attached hydrogen (secondary N) is 3. The van der Waals surface area contributed by atoms with Gasteiger partial charge in [-0.05, 0) is 25.7 Å². The quantitative estimate of drug-likeness (QED) is 0.348. The number of nitrogens with zero attached hydrogens (tertiary/aromatic N) is 1. The fourth-order valence-electron chi connectivity index (χ4n) is 2.82. The van der Waals surface area contributed by atoms with E-state index in [1.54, 1.807) is 21.0 Å². The van der Waals surface area contributed by atoms with Crippen LogP contribution >= 0.6 is 7.44 Å². The van der Waals surface area contributed by atoms with Crippen LogP contribution in [0.1, 0.15) is 41.0 Å². The molecule has 0 aliphatic carbocycles. The molecular formula is C17H33N4O2PW3-2. The van der Waals surface area contributed by atoms with Crippen LogP contribution in [0.25, 0.3) is 11.0 Å². The van der Waals surface area contributed by atoms with Gasteiger partial charge in [-0.2, -0.15) is 0 Å². The van der Waals surface area contributed by atoms with E-state index in [1.165, 1.54) is 0 Å². The van der Waals surface area contributed by atoms with Gasteiger partial charge < -0.3 is 30.5 Å². The number of ether oxygens (including phenoxy) is 1. The number of hydrogen-bond acceptors (Lipinski definition) is 4. The van der Waals surface area contributed by atoms with E-state index >= 15 is 0 Å². The molecule has 0 aromatic rings. The molecule has 0 amide bonds. The summed E-state index contributed by atoms with van der Waals surface area (Å²) >= 11 is 0. The first-order chi connectivity index (χ1) is 10.8. The van der Waals surface area contributed by atoms with Gasteiger partial charge in [0.15, 0.2) is 0 Å². The van der Waals surface area contributed by atoms with E-state index in [-0.39, 0.29) is 75.3 Å². The summed E-state index contributed by atoms with van der Waals surface area (Å²) in [6.45, 7) is 18.8. The van der Waals surface area contributed by atoms with E-state index in [1.807, 2.05) is 0 Å². The SMILES string of the molecule is C=C(NC(C)(C)P([NH-])([NH-])=O)C1CC(OC)CN1C(=C)C(C)C(C)C.[W].[W].[W]. The number of hydrogen-bond donors (Lipinski definition) is 1. The zero-order valence-electron chi connectivity index (χ0n) is 17.1. The molecule has 3 N–H and O–H groups in total. The van der Waals surface area contributed by atoms with Crippen molar-refractivity contribution in [1.82, 2.24) is 10.2 Å². The predicted molar refractivity (Wildman–Crippen MR) is 102 cm³/mol. The van der Waals surface area contributed by atoms with Gasteiger partial charge >= 0.3 is 0 Å². The van der Waals surface area contributed by atoms with E-state index in [2.05, 4.69) is 44.1 Å². The second kappa shape index (κ2) is 12.8. The van der Waals surface area contributed by atoms with Gasteiger partial charge in [0.2, 0.25) is 0 Å². The van der Waals surface area contributed by atoms with Crippen molar-refractivity contribution in [3.05, 3.63) is 35.6 Å². The fraction of sp³-hybridized carbons (Fsp3) is 0.765. The summed E-state index contributed by atoms with van der Waals surface area (Å²) in [5, 5.41) is 1.92. The Labute approximate surface area is 208 Å². The average molecular weight is 908 g/mol. The molecule has 0 saturated carbocycles. The Bertz CT molecular complexity index is 540. The second-order valence-electron chi connectivity index (χ2n) is 7.60. The molecule has 3 unspecified atom stereocenters. The summed E-state index contributed by atoms with van der Waals surface area (Å²) in [6, 6.07) is -0.0468. The van der Waals surface area contributed by atoms with Crippen LogP contribution < -0.4 is 5.32 Å². The Hall–Kier alpha value is 1.25. The first kappa shape index (κ1) is 32.9. The van der Waals surface area contributed by atoms with Gasteiger partial charge in [-0.15, -0.1) is 0 Å². The zero-order chi connectivity index (χ0) is 18.9. The molecule has 0 aromatic heterocycles. The summed E-state index contributed by atoms with van der Waals surface area (Å²) in [6.07, 6.45) is 0.828. The molecule has 0 aromatic carbocycles. The minimum absolute atomic E-state index is 0. The van der Waals surface area contributed by atoms with E-state index in [9.17, 15) is 4.57 Å². The first-order valence-electron chi connectivity index (χ1n) is 8.37. The Kier molecular flexibility index (Phi) is 15.6. The van der Waals surface area contributed by atoms with Gasteiger partial charge in [0.1, 0.15) is 0 Å². The fourth-order valence-corrected chi connectivity index (χ4v) is 3.12. The Morgan fingerprint density at radius 3 is 2.07 bits per heavy atom. The molecule has 3 atom stereocenters. The van der Waals surface area contributed by atoms with Crippen LogP contribution in [0.2, 0.25) is 0 Å². The summed E-state index contributed by atoms with van der Waals surface area (Å²) in [4.78, 5) is 2.20. The summed E-state index contributed by atoms with van der Waals surface area (Å²) < 4.78 is 17.4. The standard InChI is InChI=1S/C17H33N4O2P.3W/c1-11(2)12(3)14(5)21-10-15(23-8)9-16(21)13(4)20-17(6,7)24(18,19)22;;;/h11-12,15-16,20H,4-5,9-10H2,1-3,6-8H3,(H2-2,18,19,22);;;/q-2;;;. The van der Waals surface area contributed by atoms with Crippen LogP contribution in [0.5, 0.6) is 0 Å². The summed E-state index contributed by atoms with van der Waals surface area (Å²) in [5.74, 6) is 0.793. The maximum Gasteiger partial charge on any atom is 0.0769 e. The molecule has 6 nitrogen and oxygen atoms in total. The van der Waals surface area contributed by atoms with Crippen molar-refractivity contribution in [3.63, 3.8) is 0 Å². The summed E-state index contributed by atoms with van der Waals surface area (Å²) in [7, 11) is -2.11. The largest absolute Gasteiger partial charge is 0.633 e. The van der Waals surface area contributed by atoms with Crippen molar-refractivity contribution in [1.29, 1.82) is 0 Å². The third kappa shape index (κ3) is 8.49. The van der Waals surface area contributed by atoms with Crippen molar-refractivity contribution in [2.24, 2.45) is 11.8 Å². The third-order valence-corrected chi connectivity index (χ3v) is 6.83. The van der Waals surface area contributed by atoms with Crippen LogP contribution in [0.4, 0.5) is 0 Å². The smallest absolute Gasteiger partial charge is 0.0769 e. The molecule has 27 heavy (non-hydrogen) atoms. The second-order valence-corrected chi connectivity index (χ2v) is 9.94. The number of methoxy groups -OCH3 is 1. The normalized spacial score (nSPS) is 20.9. The number of allylic oxidation sites excluding steroid dienone is 1. The topological polar surface area (TPSA) is 89.2 Å². The third-order valence-electron chi connectivity index (χ3n) is 5.15. The van der Waals surface area contributed by atoms with E-state index in [0.717, 1.165) is 18.7 Å². The molecular weight excluding hydrogens is 875 g/mol. The minimum atomic E-state index is -3.81. The molecule has 158 valence electrons. The molecule has 1 rings (SSSR count).